The van der Waals surface area contributed by atoms with Crippen molar-refractivity contribution in [2.75, 3.05) is 26.2 Å². The second-order valence-electron chi connectivity index (χ2n) is 5.22. The Morgan fingerprint density at radius 3 is 2.21 bits per heavy atom. The Balaban J connectivity index is 2.22. The molecule has 1 heterocycles. The molecule has 0 aliphatic carbocycles. The largest absolute Gasteiger partial charge is 0.330 e. The molecule has 1 aliphatic rings. The normalized spacial score (nSPS) is 22.9. The molecule has 1 rings (SSSR count). The summed E-state index contributed by atoms with van der Waals surface area (Å²) in [6.07, 6.45) is 2.77. The van der Waals surface area contributed by atoms with Gasteiger partial charge in [-0.05, 0) is 50.2 Å². The molecule has 2 N–H and O–H groups in total. The van der Waals surface area contributed by atoms with Crippen molar-refractivity contribution in [3.63, 3.8) is 0 Å². The molecule has 1 fully saturated rings. The minimum atomic E-state index is 0.658. The van der Waals surface area contributed by atoms with Crippen molar-refractivity contribution in [3.8, 4) is 0 Å². The Hall–Kier alpha value is -0.0800. The molecule has 2 heteroatoms. The van der Waals surface area contributed by atoms with E-state index < -0.39 is 0 Å². The van der Waals surface area contributed by atoms with Crippen molar-refractivity contribution in [1.29, 1.82) is 0 Å². The van der Waals surface area contributed by atoms with Crippen LogP contribution in [0.15, 0.2) is 0 Å². The summed E-state index contributed by atoms with van der Waals surface area (Å²) in [4.78, 5) is 2.58. The van der Waals surface area contributed by atoms with E-state index in [-0.39, 0.29) is 0 Å². The van der Waals surface area contributed by atoms with Gasteiger partial charge in [0.2, 0.25) is 0 Å². The monoisotopic (exact) mass is 198 g/mol. The van der Waals surface area contributed by atoms with Gasteiger partial charge in [0, 0.05) is 6.54 Å². The molecule has 0 aromatic rings. The van der Waals surface area contributed by atoms with Crippen molar-refractivity contribution in [3.05, 3.63) is 0 Å². The fourth-order valence-electron chi connectivity index (χ4n) is 2.32. The zero-order valence-electron chi connectivity index (χ0n) is 10.00. The maximum absolute atomic E-state index is 5.64. The first kappa shape index (κ1) is 12.0. The number of nitrogens with zero attached hydrogens (tertiary/aromatic N) is 1. The number of nitrogens with two attached hydrogens (primary N) is 1. The lowest BCUT2D eigenvalue weighted by atomic mass is 9.86. The summed E-state index contributed by atoms with van der Waals surface area (Å²) in [6.45, 7) is 11.5. The van der Waals surface area contributed by atoms with Crippen LogP contribution in [0.3, 0.4) is 0 Å². The van der Waals surface area contributed by atoms with E-state index in [1.54, 1.807) is 0 Å². The summed E-state index contributed by atoms with van der Waals surface area (Å²) in [5.74, 6) is 2.48. The smallest absolute Gasteiger partial charge is 0.00191 e. The number of likely N-dealkylation sites (tertiary alicyclic amines) is 1. The Morgan fingerprint density at radius 1 is 1.21 bits per heavy atom. The van der Waals surface area contributed by atoms with Crippen LogP contribution < -0.4 is 5.73 Å². The van der Waals surface area contributed by atoms with Crippen LogP contribution in [-0.4, -0.2) is 31.1 Å². The molecule has 0 aromatic carbocycles. The second kappa shape index (κ2) is 5.72. The maximum atomic E-state index is 5.64. The lowest BCUT2D eigenvalue weighted by Gasteiger charge is -2.35. The van der Waals surface area contributed by atoms with Gasteiger partial charge in [0.05, 0.1) is 0 Å². The predicted octanol–water partition coefficient (Wildman–Crippen LogP) is 1.95. The van der Waals surface area contributed by atoms with Crippen molar-refractivity contribution < 1.29 is 0 Å². The van der Waals surface area contributed by atoms with E-state index in [9.17, 15) is 0 Å². The lowest BCUT2D eigenvalue weighted by Crippen LogP contribution is -2.39. The molecule has 0 bridgehead atoms. The number of rotatable bonds is 4. The highest BCUT2D eigenvalue weighted by Gasteiger charge is 2.21. The van der Waals surface area contributed by atoms with Gasteiger partial charge in [-0.25, -0.2) is 0 Å². The minimum Gasteiger partial charge on any atom is -0.330 e. The quantitative estimate of drug-likeness (QED) is 0.748. The molecule has 14 heavy (non-hydrogen) atoms. The summed E-state index contributed by atoms with van der Waals surface area (Å²) in [5, 5.41) is 0. The molecule has 1 unspecified atom stereocenters. The topological polar surface area (TPSA) is 29.3 Å². The lowest BCUT2D eigenvalue weighted by molar-refractivity contribution is 0.143. The van der Waals surface area contributed by atoms with Crippen LogP contribution >= 0.6 is 0 Å². The average molecular weight is 198 g/mol. The van der Waals surface area contributed by atoms with Crippen LogP contribution in [0.25, 0.3) is 0 Å². The van der Waals surface area contributed by atoms with Gasteiger partial charge >= 0.3 is 0 Å². The molecular formula is C12H26N2. The molecular weight excluding hydrogens is 172 g/mol. The van der Waals surface area contributed by atoms with E-state index >= 15 is 0 Å². The molecule has 0 aromatic heterocycles. The summed E-state index contributed by atoms with van der Waals surface area (Å²) in [7, 11) is 0. The van der Waals surface area contributed by atoms with E-state index in [1.807, 2.05) is 0 Å². The van der Waals surface area contributed by atoms with Gasteiger partial charge < -0.3 is 10.6 Å². The van der Waals surface area contributed by atoms with E-state index in [0.29, 0.717) is 5.92 Å². The average Bonchev–Trinajstić information content (AvgIpc) is 2.18. The molecule has 0 spiro atoms. The second-order valence-corrected chi connectivity index (χ2v) is 5.22. The zero-order valence-corrected chi connectivity index (χ0v) is 10.00. The van der Waals surface area contributed by atoms with Gasteiger partial charge in [-0.15, -0.1) is 0 Å². The first-order chi connectivity index (χ1) is 6.63. The number of hydrogen-bond donors (Lipinski definition) is 1. The van der Waals surface area contributed by atoms with Crippen LogP contribution in [-0.2, 0) is 0 Å². The van der Waals surface area contributed by atoms with Gasteiger partial charge in [-0.2, -0.15) is 0 Å². The molecule has 0 amide bonds. The highest BCUT2D eigenvalue weighted by Crippen LogP contribution is 2.24. The molecule has 0 radical (unpaired) electrons. The predicted molar refractivity (Wildman–Crippen MR) is 62.2 cm³/mol. The summed E-state index contributed by atoms with van der Waals surface area (Å²) >= 11 is 0. The van der Waals surface area contributed by atoms with Crippen LogP contribution in [0.4, 0.5) is 0 Å². The zero-order chi connectivity index (χ0) is 10.6. The summed E-state index contributed by atoms with van der Waals surface area (Å²) in [6, 6.07) is 0. The fraction of sp³-hybridized carbons (Fsp3) is 1.00. The summed E-state index contributed by atoms with van der Waals surface area (Å²) < 4.78 is 0. The standard InChI is InChI=1S/C12H26N2/c1-10(2)12-4-6-14(7-5-12)9-11(3)8-13/h10-12H,4-9,13H2,1-3H3. The first-order valence-electron chi connectivity index (χ1n) is 6.06. The molecule has 1 aliphatic heterocycles. The van der Waals surface area contributed by atoms with Crippen LogP contribution in [0.1, 0.15) is 33.6 Å². The number of hydrogen-bond acceptors (Lipinski definition) is 2. The van der Waals surface area contributed by atoms with Crippen molar-refractivity contribution in [1.82, 2.24) is 4.90 Å². The first-order valence-corrected chi connectivity index (χ1v) is 6.06. The Kier molecular flexibility index (Phi) is 4.90. The molecule has 2 nitrogen and oxygen atoms in total. The van der Waals surface area contributed by atoms with Gasteiger partial charge in [-0.3, -0.25) is 0 Å². The number of piperidine rings is 1. The highest BCUT2D eigenvalue weighted by atomic mass is 15.1. The SMILES string of the molecule is CC(CN)CN1CCC(C(C)C)CC1. The Bertz CT molecular complexity index is 148. The summed E-state index contributed by atoms with van der Waals surface area (Å²) in [5.41, 5.74) is 5.64. The highest BCUT2D eigenvalue weighted by molar-refractivity contribution is 4.75. The maximum Gasteiger partial charge on any atom is 0.00191 e. The van der Waals surface area contributed by atoms with E-state index in [1.165, 1.54) is 32.5 Å². The van der Waals surface area contributed by atoms with Crippen LogP contribution in [0.2, 0.25) is 0 Å². The van der Waals surface area contributed by atoms with Crippen molar-refractivity contribution in [2.24, 2.45) is 23.5 Å². The van der Waals surface area contributed by atoms with Crippen molar-refractivity contribution in [2.45, 2.75) is 33.6 Å². The molecule has 84 valence electrons. The van der Waals surface area contributed by atoms with Gasteiger partial charge in [0.25, 0.3) is 0 Å². The third-order valence-electron chi connectivity index (χ3n) is 3.55. The molecule has 1 atom stereocenters. The van der Waals surface area contributed by atoms with Gasteiger partial charge in [0.15, 0.2) is 0 Å². The Labute approximate surface area is 88.8 Å². The van der Waals surface area contributed by atoms with Crippen LogP contribution in [0, 0.1) is 17.8 Å². The third-order valence-corrected chi connectivity index (χ3v) is 3.55. The molecule has 0 saturated carbocycles. The fourth-order valence-corrected chi connectivity index (χ4v) is 2.32. The minimum absolute atomic E-state index is 0.658. The van der Waals surface area contributed by atoms with E-state index in [0.717, 1.165) is 18.4 Å². The van der Waals surface area contributed by atoms with E-state index in [4.69, 9.17) is 5.73 Å². The van der Waals surface area contributed by atoms with Gasteiger partial charge in [0.1, 0.15) is 0 Å². The Morgan fingerprint density at radius 2 is 1.79 bits per heavy atom. The van der Waals surface area contributed by atoms with Crippen molar-refractivity contribution >= 4 is 0 Å². The van der Waals surface area contributed by atoms with Gasteiger partial charge in [-0.1, -0.05) is 20.8 Å². The molecule has 1 saturated heterocycles. The van der Waals surface area contributed by atoms with E-state index in [2.05, 4.69) is 25.7 Å². The van der Waals surface area contributed by atoms with Crippen LogP contribution in [0.5, 0.6) is 0 Å². The third kappa shape index (κ3) is 3.58.